The summed E-state index contributed by atoms with van der Waals surface area (Å²) < 4.78 is 0. The number of anilines is 2. The van der Waals surface area contributed by atoms with E-state index >= 15 is 0 Å². The molecule has 0 saturated carbocycles. The number of benzene rings is 3. The molecule has 3 aromatic carbocycles. The third kappa shape index (κ3) is 11.6. The van der Waals surface area contributed by atoms with Crippen molar-refractivity contribution in [3.63, 3.8) is 0 Å². The largest absolute Gasteiger partial charge is 0.508 e. The molecule has 1 aliphatic rings. The Bertz CT molecular complexity index is 1470. The first-order valence-corrected chi connectivity index (χ1v) is 15.6. The van der Waals surface area contributed by atoms with Crippen molar-refractivity contribution in [2.24, 2.45) is 5.84 Å². The van der Waals surface area contributed by atoms with Crippen LogP contribution in [-0.4, -0.2) is 101 Å². The Labute approximate surface area is 287 Å². The number of amides is 4. The van der Waals surface area contributed by atoms with Gasteiger partial charge in [-0.15, -0.1) is 6.58 Å². The van der Waals surface area contributed by atoms with E-state index in [2.05, 4.69) is 11.9 Å². The summed E-state index contributed by atoms with van der Waals surface area (Å²) >= 11 is 0. The number of aliphatic hydroxyl groups excluding tert-OH is 1. The quantitative estimate of drug-likeness (QED) is 0.0590. The number of carbonyl (C=O) groups excluding carboxylic acids is 4. The number of nitrogen functional groups attached to an aromatic ring is 1. The summed E-state index contributed by atoms with van der Waals surface area (Å²) in [6, 6.07) is 21.3. The molecule has 1 heterocycles. The maximum atomic E-state index is 13.6. The Hall–Kier alpha value is -5.44. The summed E-state index contributed by atoms with van der Waals surface area (Å²) in [4.78, 5) is 52.7. The highest BCUT2D eigenvalue weighted by atomic mass is 16.3. The fraction of sp³-hybridized carbons (Fsp3) is 0.314. The van der Waals surface area contributed by atoms with Gasteiger partial charge in [-0.05, 0) is 36.2 Å². The summed E-state index contributed by atoms with van der Waals surface area (Å²) in [5.41, 5.74) is 9.66. The van der Waals surface area contributed by atoms with Gasteiger partial charge in [0.25, 0.3) is 0 Å². The first-order chi connectivity index (χ1) is 23.6. The number of carbonyl (C=O) groups is 4. The van der Waals surface area contributed by atoms with Gasteiger partial charge < -0.3 is 40.9 Å². The van der Waals surface area contributed by atoms with Crippen LogP contribution in [0.5, 0.6) is 5.75 Å². The first kappa shape index (κ1) is 39.7. The summed E-state index contributed by atoms with van der Waals surface area (Å²) in [6.45, 7) is 8.61. The molecule has 7 N–H and O–H groups in total. The Kier molecular flexibility index (Phi) is 16.8. The number of phenols is 1. The Balaban J connectivity index is 0.000000719. The van der Waals surface area contributed by atoms with Crippen LogP contribution in [0.15, 0.2) is 85.5 Å². The van der Waals surface area contributed by atoms with E-state index in [1.165, 1.54) is 20.5 Å². The molecule has 0 aromatic heterocycles. The SMILES string of the molecule is C=CCN(CC)N(C(=O)NCc1ccccc1)C1CN(Cc2cccc(N)c2N(N)CC=O)C(=O)CN1C=O.CO.Cc1ccc(O)cc1. The van der Waals surface area contributed by atoms with Gasteiger partial charge in [-0.3, -0.25) is 9.59 Å². The number of aromatic hydroxyl groups is 1. The number of phenolic OH excluding ortho intramolecular Hbond substituents is 1. The minimum absolute atomic E-state index is 0.0382. The van der Waals surface area contributed by atoms with Gasteiger partial charge in [0.2, 0.25) is 12.3 Å². The number of nitrogens with one attached hydrogen (secondary N) is 1. The number of likely N-dealkylation sites (N-methyl/N-ethyl adjacent to an activating group) is 1. The lowest BCUT2D eigenvalue weighted by atomic mass is 10.1. The number of hydrogen-bond acceptors (Lipinski definition) is 10. The minimum Gasteiger partial charge on any atom is -0.508 e. The van der Waals surface area contributed by atoms with Crippen LogP contribution in [0.1, 0.15) is 23.6 Å². The molecular formula is C35H48N8O6. The molecule has 4 amide bonds. The number of aliphatic hydroxyl groups is 1. The van der Waals surface area contributed by atoms with Crippen molar-refractivity contribution in [2.75, 3.05) is 50.6 Å². The van der Waals surface area contributed by atoms with E-state index in [4.69, 9.17) is 21.8 Å². The van der Waals surface area contributed by atoms with E-state index in [9.17, 15) is 19.2 Å². The van der Waals surface area contributed by atoms with E-state index < -0.39 is 12.2 Å². The highest BCUT2D eigenvalue weighted by Crippen LogP contribution is 2.28. The van der Waals surface area contributed by atoms with Crippen LogP contribution in [0.3, 0.4) is 0 Å². The molecule has 14 heteroatoms. The van der Waals surface area contributed by atoms with Crippen molar-refractivity contribution in [2.45, 2.75) is 33.1 Å². The molecule has 1 fully saturated rings. The average Bonchev–Trinajstić information content (AvgIpc) is 3.11. The number of aryl methyl sites for hydroxylation is 1. The predicted molar refractivity (Wildman–Crippen MR) is 189 cm³/mol. The number of hydrogen-bond donors (Lipinski definition) is 5. The third-order valence-corrected chi connectivity index (χ3v) is 7.46. The van der Waals surface area contributed by atoms with Gasteiger partial charge in [-0.1, -0.05) is 73.2 Å². The van der Waals surface area contributed by atoms with Crippen LogP contribution < -0.4 is 21.9 Å². The number of rotatable bonds is 13. The molecule has 1 unspecified atom stereocenters. The molecule has 3 aromatic rings. The minimum atomic E-state index is -0.788. The summed E-state index contributed by atoms with van der Waals surface area (Å²) in [5, 5.41) is 23.2. The Morgan fingerprint density at radius 3 is 2.29 bits per heavy atom. The second-order valence-electron chi connectivity index (χ2n) is 10.8. The van der Waals surface area contributed by atoms with E-state index in [1.807, 2.05) is 56.3 Å². The zero-order valence-electron chi connectivity index (χ0n) is 28.3. The Morgan fingerprint density at radius 1 is 1.04 bits per heavy atom. The molecule has 0 bridgehead atoms. The van der Waals surface area contributed by atoms with Crippen molar-refractivity contribution in [1.82, 2.24) is 25.1 Å². The molecule has 49 heavy (non-hydrogen) atoms. The highest BCUT2D eigenvalue weighted by molar-refractivity contribution is 5.83. The number of hydrazine groups is 2. The summed E-state index contributed by atoms with van der Waals surface area (Å²) in [5.74, 6) is 6.09. The second kappa shape index (κ2) is 20.7. The van der Waals surface area contributed by atoms with Crippen molar-refractivity contribution in [3.8, 4) is 5.75 Å². The first-order valence-electron chi connectivity index (χ1n) is 15.6. The summed E-state index contributed by atoms with van der Waals surface area (Å²) in [7, 11) is 1.00. The van der Waals surface area contributed by atoms with Gasteiger partial charge in [0.15, 0.2) is 0 Å². The second-order valence-corrected chi connectivity index (χ2v) is 10.8. The topological polar surface area (TPSA) is 189 Å². The van der Waals surface area contributed by atoms with Gasteiger partial charge >= 0.3 is 6.03 Å². The van der Waals surface area contributed by atoms with Gasteiger partial charge in [0, 0.05) is 33.3 Å². The van der Waals surface area contributed by atoms with Crippen LogP contribution in [0.4, 0.5) is 16.2 Å². The van der Waals surface area contributed by atoms with Gasteiger partial charge in [0.05, 0.1) is 24.5 Å². The molecule has 1 saturated heterocycles. The van der Waals surface area contributed by atoms with Crippen LogP contribution in [0.2, 0.25) is 0 Å². The maximum absolute atomic E-state index is 13.6. The van der Waals surface area contributed by atoms with Crippen molar-refractivity contribution in [3.05, 3.63) is 102 Å². The van der Waals surface area contributed by atoms with E-state index in [-0.39, 0.29) is 38.6 Å². The molecule has 14 nitrogen and oxygen atoms in total. The fourth-order valence-corrected chi connectivity index (χ4v) is 5.08. The molecule has 0 spiro atoms. The van der Waals surface area contributed by atoms with Crippen molar-refractivity contribution < 1.29 is 29.4 Å². The smallest absolute Gasteiger partial charge is 0.334 e. The van der Waals surface area contributed by atoms with Crippen LogP contribution in [0, 0.1) is 6.92 Å². The molecule has 1 aliphatic heterocycles. The number of nitrogens with zero attached hydrogens (tertiary/aromatic N) is 5. The maximum Gasteiger partial charge on any atom is 0.334 e. The number of urea groups is 1. The molecule has 0 radical (unpaired) electrons. The standard InChI is InChI=1S/C27H36N8O4.C7H8O.CH4O/c1-3-13-33(4-2)35(27(39)30-16-21-9-6-5-7-10-21)24-18-31(25(38)19-32(24)20-37)17-22-11-8-12-23(28)26(22)34(29)14-15-36;1-6-2-4-7(8)5-3-6;1-2/h3,5-12,15,20,24H,1,4,13-14,16-19,28-29H2,2H3,(H,30,39);2-5,8H,1H3;2H,1H3. The van der Waals surface area contributed by atoms with Gasteiger partial charge in [-0.25, -0.2) is 20.7 Å². The number of para-hydroxylation sites is 1. The zero-order chi connectivity index (χ0) is 36.3. The highest BCUT2D eigenvalue weighted by Gasteiger charge is 2.39. The molecule has 1 atom stereocenters. The van der Waals surface area contributed by atoms with Gasteiger partial charge in [-0.2, -0.15) is 0 Å². The van der Waals surface area contributed by atoms with Gasteiger partial charge in [0.1, 0.15) is 24.7 Å². The fourth-order valence-electron chi connectivity index (χ4n) is 5.08. The molecule has 264 valence electrons. The van der Waals surface area contributed by atoms with Crippen molar-refractivity contribution in [1.29, 1.82) is 0 Å². The summed E-state index contributed by atoms with van der Waals surface area (Å²) in [6.07, 6.45) is 2.12. The van der Waals surface area contributed by atoms with Crippen LogP contribution >= 0.6 is 0 Å². The van der Waals surface area contributed by atoms with Crippen molar-refractivity contribution >= 4 is 36.0 Å². The lowest BCUT2D eigenvalue weighted by molar-refractivity contribution is -0.157. The lowest BCUT2D eigenvalue weighted by Gasteiger charge is -2.47. The lowest BCUT2D eigenvalue weighted by Crippen LogP contribution is -2.67. The van der Waals surface area contributed by atoms with E-state index in [0.29, 0.717) is 48.5 Å². The molecular weight excluding hydrogens is 628 g/mol. The van der Waals surface area contributed by atoms with E-state index in [1.54, 1.807) is 46.3 Å². The Morgan fingerprint density at radius 2 is 1.71 bits per heavy atom. The third-order valence-electron chi connectivity index (χ3n) is 7.46. The molecule has 4 rings (SSSR count). The number of nitrogens with two attached hydrogens (primary N) is 2. The normalized spacial score (nSPS) is 13.7. The predicted octanol–water partition coefficient (Wildman–Crippen LogP) is 2.22. The number of aldehydes is 1. The van der Waals surface area contributed by atoms with Crippen LogP contribution in [-0.2, 0) is 27.5 Å². The van der Waals surface area contributed by atoms with E-state index in [0.717, 1.165) is 12.7 Å². The number of piperazine rings is 1. The zero-order valence-corrected chi connectivity index (χ0v) is 28.3. The molecule has 0 aliphatic carbocycles. The van der Waals surface area contributed by atoms with Crippen LogP contribution in [0.25, 0.3) is 0 Å². The average molecular weight is 677 g/mol. The monoisotopic (exact) mass is 676 g/mol.